The Morgan fingerprint density at radius 1 is 1.53 bits per heavy atom. The van der Waals surface area contributed by atoms with Gasteiger partial charge in [0.2, 0.25) is 0 Å². The number of likely N-dealkylation sites (N-methyl/N-ethyl adjacent to an activating group) is 1. The molecule has 1 aliphatic rings. The molecule has 2 N–H and O–H groups in total. The van der Waals surface area contributed by atoms with Gasteiger partial charge in [-0.1, -0.05) is 6.07 Å². The molecule has 1 heterocycles. The molecule has 0 radical (unpaired) electrons. The maximum atomic E-state index is 13.4. The molecule has 106 valence electrons. The minimum absolute atomic E-state index is 0.0697. The molecule has 0 spiro atoms. The first kappa shape index (κ1) is 14.3. The number of halogens is 1. The van der Waals surface area contributed by atoms with Gasteiger partial charge in [-0.15, -0.1) is 0 Å². The average Bonchev–Trinajstić information content (AvgIpc) is 2.41. The highest BCUT2D eigenvalue weighted by atomic mass is 19.1. The van der Waals surface area contributed by atoms with Gasteiger partial charge in [0.1, 0.15) is 5.82 Å². The van der Waals surface area contributed by atoms with E-state index in [4.69, 9.17) is 5.73 Å². The SMILES string of the molecule is CC1CC(CN)(N(C)c2cccc(F)c2)CCN1C. The van der Waals surface area contributed by atoms with Crippen LogP contribution in [0, 0.1) is 5.82 Å². The molecule has 0 bridgehead atoms. The Bertz CT molecular complexity index is 437. The summed E-state index contributed by atoms with van der Waals surface area (Å²) in [5.41, 5.74) is 6.90. The summed E-state index contributed by atoms with van der Waals surface area (Å²) in [4.78, 5) is 4.52. The van der Waals surface area contributed by atoms with E-state index in [1.165, 1.54) is 6.07 Å². The monoisotopic (exact) mass is 265 g/mol. The molecule has 0 saturated carbocycles. The molecule has 0 aliphatic carbocycles. The summed E-state index contributed by atoms with van der Waals surface area (Å²) >= 11 is 0. The summed E-state index contributed by atoms with van der Waals surface area (Å²) in [6.07, 6.45) is 2.02. The number of rotatable bonds is 3. The fourth-order valence-corrected chi connectivity index (χ4v) is 3.00. The molecule has 0 amide bonds. The van der Waals surface area contributed by atoms with Crippen LogP contribution in [-0.4, -0.2) is 43.7 Å². The zero-order chi connectivity index (χ0) is 14.0. The van der Waals surface area contributed by atoms with E-state index in [9.17, 15) is 4.39 Å². The number of nitrogens with zero attached hydrogens (tertiary/aromatic N) is 2. The van der Waals surface area contributed by atoms with Crippen molar-refractivity contribution < 1.29 is 4.39 Å². The van der Waals surface area contributed by atoms with Crippen LogP contribution in [0.5, 0.6) is 0 Å². The van der Waals surface area contributed by atoms with Crippen LogP contribution in [0.1, 0.15) is 19.8 Å². The second-order valence-electron chi connectivity index (χ2n) is 5.75. The molecule has 19 heavy (non-hydrogen) atoms. The lowest BCUT2D eigenvalue weighted by Gasteiger charge is -2.50. The second-order valence-corrected chi connectivity index (χ2v) is 5.75. The zero-order valence-electron chi connectivity index (χ0n) is 12.1. The molecule has 2 atom stereocenters. The molecule has 2 unspecified atom stereocenters. The number of hydrogen-bond donors (Lipinski definition) is 1. The van der Waals surface area contributed by atoms with Crippen molar-refractivity contribution in [2.24, 2.45) is 5.73 Å². The van der Waals surface area contributed by atoms with E-state index in [1.54, 1.807) is 12.1 Å². The largest absolute Gasteiger partial charge is 0.367 e. The Morgan fingerprint density at radius 2 is 2.26 bits per heavy atom. The molecular formula is C15H24FN3. The number of piperidine rings is 1. The van der Waals surface area contributed by atoms with Gasteiger partial charge in [0, 0.05) is 31.9 Å². The van der Waals surface area contributed by atoms with Gasteiger partial charge in [-0.25, -0.2) is 4.39 Å². The predicted octanol–water partition coefficient (Wildman–Crippen LogP) is 2.07. The molecule has 1 saturated heterocycles. The summed E-state index contributed by atoms with van der Waals surface area (Å²) in [5, 5.41) is 0. The van der Waals surface area contributed by atoms with Gasteiger partial charge in [0.05, 0.1) is 5.54 Å². The van der Waals surface area contributed by atoms with Crippen LogP contribution in [0.3, 0.4) is 0 Å². The first-order valence-corrected chi connectivity index (χ1v) is 6.88. The Morgan fingerprint density at radius 3 is 2.84 bits per heavy atom. The van der Waals surface area contributed by atoms with Gasteiger partial charge in [-0.05, 0) is 45.0 Å². The Balaban J connectivity index is 2.26. The van der Waals surface area contributed by atoms with Crippen LogP contribution in [0.25, 0.3) is 0 Å². The van der Waals surface area contributed by atoms with Crippen LogP contribution in [0.4, 0.5) is 10.1 Å². The van der Waals surface area contributed by atoms with Crippen LogP contribution < -0.4 is 10.6 Å². The van der Waals surface area contributed by atoms with Crippen molar-refractivity contribution in [3.63, 3.8) is 0 Å². The number of anilines is 1. The normalized spacial score (nSPS) is 28.4. The fourth-order valence-electron chi connectivity index (χ4n) is 3.00. The van der Waals surface area contributed by atoms with Crippen LogP contribution in [0.15, 0.2) is 24.3 Å². The maximum Gasteiger partial charge on any atom is 0.125 e. The number of nitrogens with two attached hydrogens (primary N) is 1. The van der Waals surface area contributed by atoms with Gasteiger partial charge in [0.15, 0.2) is 0 Å². The van der Waals surface area contributed by atoms with Crippen LogP contribution in [0.2, 0.25) is 0 Å². The molecule has 2 rings (SSSR count). The van der Waals surface area contributed by atoms with Crippen molar-refractivity contribution in [2.45, 2.75) is 31.3 Å². The topological polar surface area (TPSA) is 32.5 Å². The smallest absolute Gasteiger partial charge is 0.125 e. The molecule has 1 aromatic rings. The lowest BCUT2D eigenvalue weighted by Crippen LogP contribution is -2.60. The molecule has 1 fully saturated rings. The molecule has 1 aromatic carbocycles. The molecule has 3 nitrogen and oxygen atoms in total. The third-order valence-corrected chi connectivity index (χ3v) is 4.64. The van der Waals surface area contributed by atoms with Gasteiger partial charge in [-0.3, -0.25) is 0 Å². The van der Waals surface area contributed by atoms with Crippen molar-refractivity contribution in [1.82, 2.24) is 4.90 Å². The third kappa shape index (κ3) is 2.74. The predicted molar refractivity (Wildman–Crippen MR) is 77.9 cm³/mol. The van der Waals surface area contributed by atoms with Gasteiger partial charge in [-0.2, -0.15) is 0 Å². The molecular weight excluding hydrogens is 241 g/mol. The Hall–Kier alpha value is -1.13. The Labute approximate surface area is 115 Å². The first-order chi connectivity index (χ1) is 8.98. The van der Waals surface area contributed by atoms with Gasteiger partial charge in [0.25, 0.3) is 0 Å². The van der Waals surface area contributed by atoms with Crippen molar-refractivity contribution in [2.75, 3.05) is 32.1 Å². The van der Waals surface area contributed by atoms with Crippen molar-refractivity contribution in [3.8, 4) is 0 Å². The fraction of sp³-hybridized carbons (Fsp3) is 0.600. The van der Waals surface area contributed by atoms with E-state index in [1.807, 2.05) is 13.1 Å². The lowest BCUT2D eigenvalue weighted by molar-refractivity contribution is 0.132. The van der Waals surface area contributed by atoms with E-state index < -0.39 is 0 Å². The zero-order valence-corrected chi connectivity index (χ0v) is 12.1. The highest BCUT2D eigenvalue weighted by Gasteiger charge is 2.39. The van der Waals surface area contributed by atoms with E-state index in [0.717, 1.165) is 25.1 Å². The number of hydrogen-bond acceptors (Lipinski definition) is 3. The molecule has 0 aromatic heterocycles. The van der Waals surface area contributed by atoms with E-state index in [0.29, 0.717) is 12.6 Å². The summed E-state index contributed by atoms with van der Waals surface area (Å²) in [6, 6.07) is 7.26. The van der Waals surface area contributed by atoms with Gasteiger partial charge >= 0.3 is 0 Å². The van der Waals surface area contributed by atoms with Crippen molar-refractivity contribution in [1.29, 1.82) is 0 Å². The summed E-state index contributed by atoms with van der Waals surface area (Å²) in [7, 11) is 4.17. The highest BCUT2D eigenvalue weighted by molar-refractivity contribution is 5.49. The minimum Gasteiger partial charge on any atom is -0.367 e. The lowest BCUT2D eigenvalue weighted by atomic mass is 9.82. The summed E-state index contributed by atoms with van der Waals surface area (Å²) < 4.78 is 13.4. The summed E-state index contributed by atoms with van der Waals surface area (Å²) in [5.74, 6) is -0.197. The van der Waals surface area contributed by atoms with E-state index in [2.05, 4.69) is 23.8 Å². The van der Waals surface area contributed by atoms with Crippen molar-refractivity contribution in [3.05, 3.63) is 30.1 Å². The molecule has 1 aliphatic heterocycles. The van der Waals surface area contributed by atoms with Crippen LogP contribution in [-0.2, 0) is 0 Å². The second kappa shape index (κ2) is 5.47. The average molecular weight is 265 g/mol. The first-order valence-electron chi connectivity index (χ1n) is 6.88. The van der Waals surface area contributed by atoms with E-state index in [-0.39, 0.29) is 11.4 Å². The third-order valence-electron chi connectivity index (χ3n) is 4.64. The highest BCUT2D eigenvalue weighted by Crippen LogP contribution is 2.33. The Kier molecular flexibility index (Phi) is 4.11. The standard InChI is InChI=1S/C15H24FN3/c1-12-10-15(11-17,7-8-18(12)2)19(3)14-6-4-5-13(16)9-14/h4-6,9,12H,7-8,10-11,17H2,1-3H3. The molecule has 4 heteroatoms. The van der Waals surface area contributed by atoms with Crippen LogP contribution >= 0.6 is 0 Å². The maximum absolute atomic E-state index is 13.4. The summed E-state index contributed by atoms with van der Waals surface area (Å²) in [6.45, 7) is 3.85. The quantitative estimate of drug-likeness (QED) is 0.908. The van der Waals surface area contributed by atoms with E-state index >= 15 is 0 Å². The van der Waals surface area contributed by atoms with Crippen molar-refractivity contribution >= 4 is 5.69 Å². The minimum atomic E-state index is -0.197. The number of likely N-dealkylation sites (tertiary alicyclic amines) is 1. The van der Waals surface area contributed by atoms with Gasteiger partial charge < -0.3 is 15.5 Å². The number of benzene rings is 1.